The van der Waals surface area contributed by atoms with Crippen LogP contribution in [0.4, 0.5) is 0 Å². The lowest BCUT2D eigenvalue weighted by molar-refractivity contribution is 0.228. The molecule has 1 aliphatic heterocycles. The molecule has 1 nitrogen and oxygen atoms in total. The maximum atomic E-state index is 4.08. The van der Waals surface area contributed by atoms with Gasteiger partial charge in [-0.2, -0.15) is 0 Å². The Balaban J connectivity index is 2.16. The van der Waals surface area contributed by atoms with Crippen LogP contribution in [-0.2, 0) is 6.42 Å². The van der Waals surface area contributed by atoms with Crippen LogP contribution in [-0.4, -0.2) is 11.6 Å². The molecule has 0 bridgehead atoms. The summed E-state index contributed by atoms with van der Waals surface area (Å²) in [5.74, 6) is 0.802. The Morgan fingerprint density at radius 2 is 1.67 bits per heavy atom. The van der Waals surface area contributed by atoms with Crippen molar-refractivity contribution in [1.82, 2.24) is 5.32 Å². The molecule has 1 aromatic carbocycles. The Bertz CT molecular complexity index is 392. The minimum atomic E-state index is 0.388. The number of benzene rings is 1. The summed E-state index contributed by atoms with van der Waals surface area (Å²) in [7, 11) is 0. The maximum Gasteiger partial charge on any atom is 0.0215 e. The minimum Gasteiger partial charge on any atom is -0.308 e. The Morgan fingerprint density at radius 1 is 1.00 bits per heavy atom. The first kappa shape index (κ1) is 16.5. The number of nitrogens with one attached hydrogen (secondary N) is 1. The summed E-state index contributed by atoms with van der Waals surface area (Å²) in [6.07, 6.45) is 10.5. The zero-order chi connectivity index (χ0) is 15.1. The number of hydrogen-bond acceptors (Lipinski definition) is 1. The topological polar surface area (TPSA) is 12.0 Å². The predicted molar refractivity (Wildman–Crippen MR) is 92.6 cm³/mol. The van der Waals surface area contributed by atoms with Gasteiger partial charge in [-0.3, -0.25) is 0 Å². The summed E-state index contributed by atoms with van der Waals surface area (Å²) in [4.78, 5) is 0. The second-order valence-electron chi connectivity index (χ2n) is 6.91. The van der Waals surface area contributed by atoms with Gasteiger partial charge in [-0.15, -0.1) is 0 Å². The molecule has 0 saturated carbocycles. The quantitative estimate of drug-likeness (QED) is 0.680. The van der Waals surface area contributed by atoms with Crippen molar-refractivity contribution in [3.8, 4) is 0 Å². The average Bonchev–Trinajstić information content (AvgIpc) is 2.79. The smallest absolute Gasteiger partial charge is 0.0215 e. The second kappa shape index (κ2) is 7.98. The number of rotatable bonds is 8. The Kier molecular flexibility index (Phi) is 6.29. The van der Waals surface area contributed by atoms with Gasteiger partial charge in [0.15, 0.2) is 0 Å². The second-order valence-corrected chi connectivity index (χ2v) is 6.91. The van der Waals surface area contributed by atoms with Crippen molar-refractivity contribution in [2.45, 2.75) is 83.7 Å². The molecule has 118 valence electrons. The van der Waals surface area contributed by atoms with Crippen molar-refractivity contribution >= 4 is 0 Å². The Hall–Kier alpha value is -0.820. The molecule has 2 rings (SSSR count). The highest BCUT2D eigenvalue weighted by molar-refractivity contribution is 5.18. The van der Waals surface area contributed by atoms with Gasteiger partial charge in [0.05, 0.1) is 0 Å². The molecule has 2 atom stereocenters. The molecule has 1 N–H and O–H groups in total. The van der Waals surface area contributed by atoms with Gasteiger partial charge >= 0.3 is 0 Å². The van der Waals surface area contributed by atoms with Crippen LogP contribution in [0.3, 0.4) is 0 Å². The van der Waals surface area contributed by atoms with Gasteiger partial charge in [-0.1, -0.05) is 70.4 Å². The highest BCUT2D eigenvalue weighted by atomic mass is 15.1. The lowest BCUT2D eigenvalue weighted by Crippen LogP contribution is -2.47. The van der Waals surface area contributed by atoms with Gasteiger partial charge < -0.3 is 5.32 Å². The molecule has 0 spiro atoms. The summed E-state index contributed by atoms with van der Waals surface area (Å²) >= 11 is 0. The van der Waals surface area contributed by atoms with Crippen molar-refractivity contribution in [1.29, 1.82) is 0 Å². The van der Waals surface area contributed by atoms with E-state index < -0.39 is 0 Å². The van der Waals surface area contributed by atoms with Crippen LogP contribution in [0.1, 0.15) is 71.3 Å². The molecular formula is C20H33N. The van der Waals surface area contributed by atoms with E-state index in [0.717, 1.165) is 12.0 Å². The average molecular weight is 287 g/mol. The van der Waals surface area contributed by atoms with Gasteiger partial charge in [0.1, 0.15) is 0 Å². The molecule has 1 heteroatoms. The summed E-state index contributed by atoms with van der Waals surface area (Å²) in [6, 6.07) is 11.8. The van der Waals surface area contributed by atoms with Crippen molar-refractivity contribution in [3.05, 3.63) is 35.9 Å². The van der Waals surface area contributed by atoms with Crippen molar-refractivity contribution in [3.63, 3.8) is 0 Å². The standard InChI is InChI=1S/C20H33N/c1-4-10-19-16-18(15-17-11-8-7-9-12-17)20(21-19,13-5-2)14-6-3/h7-9,11-12,18-19,21H,4-6,10,13-16H2,1-3H3/t18-,19-/m0/s1. The third-order valence-electron chi connectivity index (χ3n) is 5.20. The van der Waals surface area contributed by atoms with E-state index >= 15 is 0 Å². The zero-order valence-electron chi connectivity index (χ0n) is 14.2. The normalized spacial score (nSPS) is 24.3. The lowest BCUT2D eigenvalue weighted by Gasteiger charge is -2.36. The molecule has 1 aliphatic rings. The fraction of sp³-hybridized carbons (Fsp3) is 0.700. The predicted octanol–water partition coefficient (Wildman–Crippen LogP) is 5.35. The van der Waals surface area contributed by atoms with Crippen LogP contribution in [0.2, 0.25) is 0 Å². The summed E-state index contributed by atoms with van der Waals surface area (Å²) in [5, 5.41) is 4.08. The van der Waals surface area contributed by atoms with Crippen LogP contribution in [0.15, 0.2) is 30.3 Å². The van der Waals surface area contributed by atoms with Gasteiger partial charge in [-0.25, -0.2) is 0 Å². The molecule has 0 aromatic heterocycles. The molecule has 0 radical (unpaired) electrons. The number of hydrogen-bond donors (Lipinski definition) is 1. The van der Waals surface area contributed by atoms with E-state index in [1.54, 1.807) is 0 Å². The zero-order valence-corrected chi connectivity index (χ0v) is 14.2. The first-order valence-electron chi connectivity index (χ1n) is 9.05. The van der Waals surface area contributed by atoms with Gasteiger partial charge in [0, 0.05) is 11.6 Å². The van der Waals surface area contributed by atoms with Crippen molar-refractivity contribution in [2.24, 2.45) is 5.92 Å². The Morgan fingerprint density at radius 3 is 2.24 bits per heavy atom. The highest BCUT2D eigenvalue weighted by Crippen LogP contribution is 2.40. The molecule has 0 amide bonds. The van der Waals surface area contributed by atoms with E-state index in [0.29, 0.717) is 5.54 Å². The molecule has 1 heterocycles. The van der Waals surface area contributed by atoms with E-state index in [1.807, 2.05) is 0 Å². The molecule has 21 heavy (non-hydrogen) atoms. The van der Waals surface area contributed by atoms with Gasteiger partial charge in [-0.05, 0) is 43.6 Å². The summed E-state index contributed by atoms with van der Waals surface area (Å²) in [5.41, 5.74) is 1.90. The maximum absolute atomic E-state index is 4.08. The highest BCUT2D eigenvalue weighted by Gasteiger charge is 2.44. The first-order chi connectivity index (χ1) is 10.2. The largest absolute Gasteiger partial charge is 0.308 e. The molecule has 1 saturated heterocycles. The van der Waals surface area contributed by atoms with Crippen LogP contribution < -0.4 is 5.32 Å². The van der Waals surface area contributed by atoms with Crippen molar-refractivity contribution < 1.29 is 0 Å². The van der Waals surface area contributed by atoms with Crippen LogP contribution >= 0.6 is 0 Å². The molecule has 1 aromatic rings. The molecular weight excluding hydrogens is 254 g/mol. The van der Waals surface area contributed by atoms with Gasteiger partial charge in [0.25, 0.3) is 0 Å². The fourth-order valence-corrected chi connectivity index (χ4v) is 4.44. The Labute approximate surface area is 131 Å². The first-order valence-corrected chi connectivity index (χ1v) is 9.05. The molecule has 0 aliphatic carbocycles. The fourth-order valence-electron chi connectivity index (χ4n) is 4.44. The van der Waals surface area contributed by atoms with E-state index in [-0.39, 0.29) is 0 Å². The third-order valence-corrected chi connectivity index (χ3v) is 5.20. The van der Waals surface area contributed by atoms with Gasteiger partial charge in [0.2, 0.25) is 0 Å². The monoisotopic (exact) mass is 287 g/mol. The SMILES string of the molecule is CCC[C@H]1C[C@H](Cc2ccccc2)C(CCC)(CCC)N1. The van der Waals surface area contributed by atoms with E-state index in [4.69, 9.17) is 0 Å². The third kappa shape index (κ3) is 4.10. The molecule has 0 unspecified atom stereocenters. The van der Waals surface area contributed by atoms with E-state index in [9.17, 15) is 0 Å². The van der Waals surface area contributed by atoms with E-state index in [2.05, 4.69) is 56.4 Å². The van der Waals surface area contributed by atoms with Crippen LogP contribution in [0.5, 0.6) is 0 Å². The molecule has 1 fully saturated rings. The summed E-state index contributed by atoms with van der Waals surface area (Å²) < 4.78 is 0. The van der Waals surface area contributed by atoms with Crippen molar-refractivity contribution in [2.75, 3.05) is 0 Å². The van der Waals surface area contributed by atoms with Crippen LogP contribution in [0, 0.1) is 5.92 Å². The minimum absolute atomic E-state index is 0.388. The summed E-state index contributed by atoms with van der Waals surface area (Å²) in [6.45, 7) is 6.99. The van der Waals surface area contributed by atoms with Crippen LogP contribution in [0.25, 0.3) is 0 Å². The lowest BCUT2D eigenvalue weighted by atomic mass is 9.75. The van der Waals surface area contributed by atoms with E-state index in [1.165, 1.54) is 56.9 Å².